The lowest BCUT2D eigenvalue weighted by Gasteiger charge is -2.41. The van der Waals surface area contributed by atoms with Crippen molar-refractivity contribution in [3.8, 4) is 0 Å². The fourth-order valence-corrected chi connectivity index (χ4v) is 2.10. The molecule has 0 saturated heterocycles. The standard InChI is InChI=1S/C11H22/c1-8(2)5-6-11-7-9(3)10(11)4/h8-11H,5-7H2,1-4H3. The summed E-state index contributed by atoms with van der Waals surface area (Å²) in [7, 11) is 0. The van der Waals surface area contributed by atoms with E-state index in [0.29, 0.717) is 0 Å². The van der Waals surface area contributed by atoms with Crippen molar-refractivity contribution in [2.24, 2.45) is 23.7 Å². The molecule has 3 unspecified atom stereocenters. The Bertz CT molecular complexity index is 115. The van der Waals surface area contributed by atoms with E-state index in [4.69, 9.17) is 0 Å². The molecule has 0 aromatic heterocycles. The number of hydrogen-bond donors (Lipinski definition) is 0. The summed E-state index contributed by atoms with van der Waals surface area (Å²) < 4.78 is 0. The van der Waals surface area contributed by atoms with E-state index in [-0.39, 0.29) is 0 Å². The van der Waals surface area contributed by atoms with Crippen molar-refractivity contribution in [2.45, 2.75) is 47.0 Å². The van der Waals surface area contributed by atoms with Crippen molar-refractivity contribution in [1.82, 2.24) is 0 Å². The maximum absolute atomic E-state index is 2.42. The Morgan fingerprint density at radius 3 is 2.27 bits per heavy atom. The van der Waals surface area contributed by atoms with Crippen LogP contribution in [-0.4, -0.2) is 0 Å². The minimum absolute atomic E-state index is 0.901. The van der Waals surface area contributed by atoms with Gasteiger partial charge in [0.25, 0.3) is 0 Å². The summed E-state index contributed by atoms with van der Waals surface area (Å²) in [5, 5.41) is 0. The van der Waals surface area contributed by atoms with Crippen molar-refractivity contribution >= 4 is 0 Å². The predicted octanol–water partition coefficient (Wildman–Crippen LogP) is 3.71. The van der Waals surface area contributed by atoms with Crippen LogP contribution < -0.4 is 0 Å². The van der Waals surface area contributed by atoms with Crippen LogP contribution in [0.5, 0.6) is 0 Å². The highest BCUT2D eigenvalue weighted by Gasteiger charge is 2.33. The Kier molecular flexibility index (Phi) is 2.98. The maximum atomic E-state index is 2.42. The van der Waals surface area contributed by atoms with Gasteiger partial charge in [-0.2, -0.15) is 0 Å². The molecule has 0 amide bonds. The van der Waals surface area contributed by atoms with Gasteiger partial charge in [-0.05, 0) is 36.5 Å². The summed E-state index contributed by atoms with van der Waals surface area (Å²) in [5.74, 6) is 3.98. The summed E-state index contributed by atoms with van der Waals surface area (Å²) >= 11 is 0. The molecule has 1 rings (SSSR count). The lowest BCUT2D eigenvalue weighted by Crippen LogP contribution is -2.32. The third-order valence-corrected chi connectivity index (χ3v) is 3.43. The molecular weight excluding hydrogens is 132 g/mol. The van der Waals surface area contributed by atoms with Crippen molar-refractivity contribution < 1.29 is 0 Å². The highest BCUT2D eigenvalue weighted by atomic mass is 14.4. The van der Waals surface area contributed by atoms with E-state index in [1.54, 1.807) is 0 Å². The minimum atomic E-state index is 0.901. The molecule has 0 spiro atoms. The lowest BCUT2D eigenvalue weighted by molar-refractivity contribution is 0.0898. The maximum Gasteiger partial charge on any atom is -0.0383 e. The molecule has 1 aliphatic rings. The lowest BCUT2D eigenvalue weighted by atomic mass is 9.65. The number of hydrogen-bond acceptors (Lipinski definition) is 0. The van der Waals surface area contributed by atoms with Crippen LogP contribution in [0.4, 0.5) is 0 Å². The first-order chi connectivity index (χ1) is 5.11. The molecule has 0 heteroatoms. The van der Waals surface area contributed by atoms with Crippen molar-refractivity contribution in [3.63, 3.8) is 0 Å². The van der Waals surface area contributed by atoms with Crippen LogP contribution in [0.1, 0.15) is 47.0 Å². The molecule has 0 aromatic carbocycles. The Labute approximate surface area is 71.4 Å². The van der Waals surface area contributed by atoms with Gasteiger partial charge in [-0.15, -0.1) is 0 Å². The van der Waals surface area contributed by atoms with Crippen molar-refractivity contribution in [3.05, 3.63) is 0 Å². The summed E-state index contributed by atoms with van der Waals surface area (Å²) in [6.45, 7) is 9.45. The first kappa shape index (κ1) is 9.09. The molecule has 0 heterocycles. The fraction of sp³-hybridized carbons (Fsp3) is 1.00. The van der Waals surface area contributed by atoms with Gasteiger partial charge in [0.05, 0.1) is 0 Å². The van der Waals surface area contributed by atoms with Gasteiger partial charge in [-0.25, -0.2) is 0 Å². The van der Waals surface area contributed by atoms with Gasteiger partial charge in [0.15, 0.2) is 0 Å². The van der Waals surface area contributed by atoms with Crippen LogP contribution in [0.15, 0.2) is 0 Å². The average Bonchev–Trinajstić information content (AvgIpc) is 1.96. The van der Waals surface area contributed by atoms with E-state index in [0.717, 1.165) is 23.7 Å². The molecule has 1 aliphatic carbocycles. The summed E-state index contributed by atoms with van der Waals surface area (Å²) in [5.41, 5.74) is 0. The Balaban J connectivity index is 2.10. The Morgan fingerprint density at radius 1 is 1.27 bits per heavy atom. The molecule has 0 N–H and O–H groups in total. The van der Waals surface area contributed by atoms with Gasteiger partial charge in [-0.1, -0.05) is 34.1 Å². The van der Waals surface area contributed by atoms with E-state index in [9.17, 15) is 0 Å². The molecule has 1 fully saturated rings. The van der Waals surface area contributed by atoms with Gasteiger partial charge in [0.1, 0.15) is 0 Å². The third-order valence-electron chi connectivity index (χ3n) is 3.43. The monoisotopic (exact) mass is 154 g/mol. The first-order valence-corrected chi connectivity index (χ1v) is 5.11. The SMILES string of the molecule is CC(C)CCC1CC(C)C1C. The molecule has 0 aliphatic heterocycles. The van der Waals surface area contributed by atoms with Crippen LogP contribution in [0.3, 0.4) is 0 Å². The average molecular weight is 154 g/mol. The molecule has 0 radical (unpaired) electrons. The van der Waals surface area contributed by atoms with Crippen LogP contribution in [0, 0.1) is 23.7 Å². The van der Waals surface area contributed by atoms with E-state index in [2.05, 4.69) is 27.7 Å². The van der Waals surface area contributed by atoms with Crippen LogP contribution >= 0.6 is 0 Å². The normalized spacial score (nSPS) is 37.4. The fourth-order valence-electron chi connectivity index (χ4n) is 2.10. The zero-order chi connectivity index (χ0) is 8.43. The number of rotatable bonds is 3. The predicted molar refractivity (Wildman–Crippen MR) is 50.5 cm³/mol. The molecule has 0 bridgehead atoms. The highest BCUT2D eigenvalue weighted by molar-refractivity contribution is 4.83. The second-order valence-corrected chi connectivity index (χ2v) is 4.80. The minimum Gasteiger partial charge on any atom is -0.0628 e. The second kappa shape index (κ2) is 3.60. The van der Waals surface area contributed by atoms with Gasteiger partial charge < -0.3 is 0 Å². The molecule has 11 heavy (non-hydrogen) atoms. The summed E-state index contributed by atoms with van der Waals surface area (Å²) in [6.07, 6.45) is 4.40. The molecule has 0 nitrogen and oxygen atoms in total. The molecule has 1 saturated carbocycles. The second-order valence-electron chi connectivity index (χ2n) is 4.80. The zero-order valence-electron chi connectivity index (χ0n) is 8.43. The summed E-state index contributed by atoms with van der Waals surface area (Å²) in [4.78, 5) is 0. The molecule has 3 atom stereocenters. The summed E-state index contributed by atoms with van der Waals surface area (Å²) in [6, 6.07) is 0. The molecular formula is C11H22. The van der Waals surface area contributed by atoms with Gasteiger partial charge in [0.2, 0.25) is 0 Å². The van der Waals surface area contributed by atoms with Crippen LogP contribution in [0.25, 0.3) is 0 Å². The molecule has 66 valence electrons. The molecule has 0 aromatic rings. The Hall–Kier alpha value is 0. The first-order valence-electron chi connectivity index (χ1n) is 5.11. The van der Waals surface area contributed by atoms with E-state index in [1.165, 1.54) is 19.3 Å². The Morgan fingerprint density at radius 2 is 1.91 bits per heavy atom. The van der Waals surface area contributed by atoms with Crippen molar-refractivity contribution in [1.29, 1.82) is 0 Å². The smallest absolute Gasteiger partial charge is 0.0383 e. The van der Waals surface area contributed by atoms with Gasteiger partial charge in [0, 0.05) is 0 Å². The topological polar surface area (TPSA) is 0 Å². The highest BCUT2D eigenvalue weighted by Crippen LogP contribution is 2.42. The van der Waals surface area contributed by atoms with E-state index < -0.39 is 0 Å². The van der Waals surface area contributed by atoms with Gasteiger partial charge in [-0.3, -0.25) is 0 Å². The van der Waals surface area contributed by atoms with Crippen molar-refractivity contribution in [2.75, 3.05) is 0 Å². The van der Waals surface area contributed by atoms with Gasteiger partial charge >= 0.3 is 0 Å². The third kappa shape index (κ3) is 2.21. The quantitative estimate of drug-likeness (QED) is 0.581. The largest absolute Gasteiger partial charge is 0.0628 e. The van der Waals surface area contributed by atoms with Crippen LogP contribution in [-0.2, 0) is 0 Å². The zero-order valence-corrected chi connectivity index (χ0v) is 8.43. The van der Waals surface area contributed by atoms with E-state index >= 15 is 0 Å². The van der Waals surface area contributed by atoms with Crippen LogP contribution in [0.2, 0.25) is 0 Å². The van der Waals surface area contributed by atoms with E-state index in [1.807, 2.05) is 0 Å².